The molecule has 0 radical (unpaired) electrons. The molecule has 1 aliphatic rings. The molecule has 96 valence electrons. The molecule has 1 heterocycles. The molecule has 3 rings (SSSR count). The summed E-state index contributed by atoms with van der Waals surface area (Å²) in [4.78, 5) is 0. The summed E-state index contributed by atoms with van der Waals surface area (Å²) in [5, 5.41) is 11.5. The van der Waals surface area contributed by atoms with Crippen LogP contribution in [0.5, 0.6) is 0 Å². The Kier molecular flexibility index (Phi) is 2.83. The average molecular weight is 246 g/mol. The number of nitrogens with two attached hydrogens (primary N) is 1. The summed E-state index contributed by atoms with van der Waals surface area (Å²) in [5.74, 6) is 0. The van der Waals surface area contributed by atoms with E-state index in [1.807, 2.05) is 12.1 Å². The van der Waals surface area contributed by atoms with Crippen LogP contribution in [-0.4, -0.2) is 29.5 Å². The van der Waals surface area contributed by atoms with Gasteiger partial charge in [0.25, 0.3) is 0 Å². The molecule has 1 aromatic heterocycles. The van der Waals surface area contributed by atoms with Gasteiger partial charge in [0.05, 0.1) is 29.2 Å². The number of aromatic amines is 1. The van der Waals surface area contributed by atoms with Crippen molar-refractivity contribution in [3.63, 3.8) is 0 Å². The second-order valence-corrected chi connectivity index (χ2v) is 4.91. The lowest BCUT2D eigenvalue weighted by atomic mass is 10.1. The topological polar surface area (TPSA) is 76.0 Å². The molecule has 0 saturated heterocycles. The zero-order valence-electron chi connectivity index (χ0n) is 10.4. The van der Waals surface area contributed by atoms with E-state index in [9.17, 15) is 0 Å². The third-order valence-corrected chi connectivity index (χ3v) is 3.69. The van der Waals surface area contributed by atoms with Crippen molar-refractivity contribution < 1.29 is 4.74 Å². The van der Waals surface area contributed by atoms with E-state index < -0.39 is 0 Å². The van der Waals surface area contributed by atoms with Crippen LogP contribution >= 0.6 is 0 Å². The van der Waals surface area contributed by atoms with Crippen LogP contribution < -0.4 is 11.1 Å². The maximum Gasteiger partial charge on any atom is 0.0672 e. The van der Waals surface area contributed by atoms with Gasteiger partial charge < -0.3 is 15.8 Å². The number of nitrogens with one attached hydrogen (secondary N) is 2. The smallest absolute Gasteiger partial charge is 0.0672 e. The van der Waals surface area contributed by atoms with Crippen molar-refractivity contribution in [1.29, 1.82) is 0 Å². The molecule has 5 heteroatoms. The number of hydrogen-bond donors (Lipinski definition) is 3. The molecule has 2 atom stereocenters. The molecule has 0 aliphatic heterocycles. The molecule has 4 N–H and O–H groups in total. The molecule has 0 spiro atoms. The van der Waals surface area contributed by atoms with Crippen molar-refractivity contribution in [3.8, 4) is 0 Å². The van der Waals surface area contributed by atoms with Gasteiger partial charge in [-0.2, -0.15) is 5.10 Å². The van der Waals surface area contributed by atoms with Crippen LogP contribution in [-0.2, 0) is 4.74 Å². The normalized spacial score (nSPS) is 23.6. The minimum absolute atomic E-state index is 0.375. The van der Waals surface area contributed by atoms with Crippen LogP contribution in [0.2, 0.25) is 0 Å². The van der Waals surface area contributed by atoms with Crippen molar-refractivity contribution in [3.05, 3.63) is 18.3 Å². The largest absolute Gasteiger partial charge is 0.397 e. The van der Waals surface area contributed by atoms with E-state index in [2.05, 4.69) is 15.5 Å². The molecule has 18 heavy (non-hydrogen) atoms. The predicted molar refractivity (Wildman–Crippen MR) is 72.6 cm³/mol. The van der Waals surface area contributed by atoms with E-state index in [1.165, 1.54) is 0 Å². The number of hydrogen-bond acceptors (Lipinski definition) is 4. The summed E-state index contributed by atoms with van der Waals surface area (Å²) in [6, 6.07) is 4.42. The van der Waals surface area contributed by atoms with Crippen LogP contribution in [0, 0.1) is 0 Å². The number of H-pyrrole nitrogens is 1. The Morgan fingerprint density at radius 3 is 3.11 bits per heavy atom. The molecule has 1 aromatic carbocycles. The van der Waals surface area contributed by atoms with Crippen molar-refractivity contribution >= 4 is 22.3 Å². The molecule has 2 unspecified atom stereocenters. The second kappa shape index (κ2) is 4.49. The maximum absolute atomic E-state index is 6.06. The number of anilines is 2. The summed E-state index contributed by atoms with van der Waals surface area (Å²) in [5.41, 5.74) is 8.81. The van der Waals surface area contributed by atoms with Crippen LogP contribution in [0.25, 0.3) is 10.9 Å². The van der Waals surface area contributed by atoms with Gasteiger partial charge in [0.2, 0.25) is 0 Å². The molecule has 1 saturated carbocycles. The standard InChI is InChI=1S/C13H18N4O/c1-18-10-3-2-9(5-10)16-13-6-12-8(4-11(13)14)7-15-17-12/h4,6-7,9-10,16H,2-3,5,14H2,1H3,(H,15,17). The fraction of sp³-hybridized carbons (Fsp3) is 0.462. The first-order valence-electron chi connectivity index (χ1n) is 6.28. The summed E-state index contributed by atoms with van der Waals surface area (Å²) in [6.07, 6.45) is 5.43. The molecule has 5 nitrogen and oxygen atoms in total. The van der Waals surface area contributed by atoms with Crippen LogP contribution in [0.1, 0.15) is 19.3 Å². The highest BCUT2D eigenvalue weighted by atomic mass is 16.5. The van der Waals surface area contributed by atoms with Gasteiger partial charge in [0.1, 0.15) is 0 Å². The predicted octanol–water partition coefficient (Wildman–Crippen LogP) is 2.12. The highest BCUT2D eigenvalue weighted by Gasteiger charge is 2.24. The van der Waals surface area contributed by atoms with E-state index in [0.717, 1.165) is 41.5 Å². The zero-order chi connectivity index (χ0) is 12.5. The maximum atomic E-state index is 6.06. The zero-order valence-corrected chi connectivity index (χ0v) is 10.4. The molecular weight excluding hydrogens is 228 g/mol. The van der Waals surface area contributed by atoms with Gasteiger partial charge >= 0.3 is 0 Å². The van der Waals surface area contributed by atoms with Gasteiger partial charge in [-0.1, -0.05) is 0 Å². The van der Waals surface area contributed by atoms with Gasteiger partial charge in [-0.15, -0.1) is 0 Å². The molecular formula is C13H18N4O. The molecule has 0 bridgehead atoms. The Balaban J connectivity index is 1.79. The molecule has 0 amide bonds. The van der Waals surface area contributed by atoms with E-state index >= 15 is 0 Å². The Morgan fingerprint density at radius 2 is 2.33 bits per heavy atom. The van der Waals surface area contributed by atoms with Gasteiger partial charge in [0, 0.05) is 18.5 Å². The number of ether oxygens (including phenoxy) is 1. The molecule has 1 fully saturated rings. The fourth-order valence-electron chi connectivity index (χ4n) is 2.64. The first kappa shape index (κ1) is 11.3. The number of fused-ring (bicyclic) bond motifs is 1. The van der Waals surface area contributed by atoms with Gasteiger partial charge in [0.15, 0.2) is 0 Å². The van der Waals surface area contributed by atoms with Crippen LogP contribution in [0.3, 0.4) is 0 Å². The third kappa shape index (κ3) is 2.01. The molecule has 1 aliphatic carbocycles. The second-order valence-electron chi connectivity index (χ2n) is 4.91. The number of benzene rings is 1. The Hall–Kier alpha value is -1.75. The highest BCUT2D eigenvalue weighted by molar-refractivity contribution is 5.88. The number of methoxy groups -OCH3 is 1. The summed E-state index contributed by atoms with van der Waals surface area (Å²) in [6.45, 7) is 0. The van der Waals surface area contributed by atoms with Crippen molar-refractivity contribution in [2.24, 2.45) is 0 Å². The number of aromatic nitrogens is 2. The van der Waals surface area contributed by atoms with E-state index in [-0.39, 0.29) is 0 Å². The first-order valence-corrected chi connectivity index (χ1v) is 6.28. The highest BCUT2D eigenvalue weighted by Crippen LogP contribution is 2.29. The minimum Gasteiger partial charge on any atom is -0.397 e. The summed E-state index contributed by atoms with van der Waals surface area (Å²) in [7, 11) is 1.78. The van der Waals surface area contributed by atoms with Crippen molar-refractivity contribution in [1.82, 2.24) is 10.2 Å². The minimum atomic E-state index is 0.375. The van der Waals surface area contributed by atoms with Crippen LogP contribution in [0.4, 0.5) is 11.4 Å². The lowest BCUT2D eigenvalue weighted by Crippen LogP contribution is -2.18. The SMILES string of the molecule is COC1CCC(Nc2cc3[nH]ncc3cc2N)C1. The van der Waals surface area contributed by atoms with Crippen LogP contribution in [0.15, 0.2) is 18.3 Å². The third-order valence-electron chi connectivity index (χ3n) is 3.69. The lowest BCUT2D eigenvalue weighted by molar-refractivity contribution is 0.108. The first-order chi connectivity index (χ1) is 8.76. The van der Waals surface area contributed by atoms with Crippen molar-refractivity contribution in [2.75, 3.05) is 18.2 Å². The Bertz CT molecular complexity index is 551. The van der Waals surface area contributed by atoms with E-state index in [4.69, 9.17) is 10.5 Å². The van der Waals surface area contributed by atoms with Gasteiger partial charge in [-0.3, -0.25) is 5.10 Å². The summed E-state index contributed by atoms with van der Waals surface area (Å²) >= 11 is 0. The number of rotatable bonds is 3. The fourth-order valence-corrected chi connectivity index (χ4v) is 2.64. The lowest BCUT2D eigenvalue weighted by Gasteiger charge is -2.16. The number of nitrogen functional groups attached to an aromatic ring is 1. The number of nitrogens with zero attached hydrogens (tertiary/aromatic N) is 1. The van der Waals surface area contributed by atoms with Gasteiger partial charge in [-0.05, 0) is 31.4 Å². The Labute approximate surface area is 106 Å². The van der Waals surface area contributed by atoms with Crippen molar-refractivity contribution in [2.45, 2.75) is 31.4 Å². The average Bonchev–Trinajstić information content (AvgIpc) is 2.98. The monoisotopic (exact) mass is 246 g/mol. The summed E-state index contributed by atoms with van der Waals surface area (Å²) < 4.78 is 5.38. The Morgan fingerprint density at radius 1 is 1.44 bits per heavy atom. The van der Waals surface area contributed by atoms with E-state index in [1.54, 1.807) is 13.3 Å². The molecule has 2 aromatic rings. The quantitative estimate of drug-likeness (QED) is 0.725. The van der Waals surface area contributed by atoms with Gasteiger partial charge in [-0.25, -0.2) is 0 Å². The van der Waals surface area contributed by atoms with E-state index in [0.29, 0.717) is 12.1 Å².